The lowest BCUT2D eigenvalue weighted by Gasteiger charge is -2.07. The van der Waals surface area contributed by atoms with Crippen LogP contribution in [0.2, 0.25) is 0 Å². The largest absolute Gasteiger partial charge is 0.377 e. The number of rotatable bonds is 7. The molecule has 0 aliphatic carbocycles. The molecule has 0 unspecified atom stereocenters. The van der Waals surface area contributed by atoms with Gasteiger partial charge in [-0.05, 0) is 26.8 Å². The fourth-order valence-corrected chi connectivity index (χ4v) is 1.07. The van der Waals surface area contributed by atoms with E-state index in [9.17, 15) is 0 Å². The van der Waals surface area contributed by atoms with Gasteiger partial charge in [0.25, 0.3) is 0 Å². The van der Waals surface area contributed by atoms with Crippen LogP contribution in [-0.2, 0) is 4.74 Å². The molecule has 2 nitrogen and oxygen atoms in total. The van der Waals surface area contributed by atoms with Gasteiger partial charge in [-0.25, -0.2) is 0 Å². The van der Waals surface area contributed by atoms with Gasteiger partial charge in [-0.1, -0.05) is 22.6 Å². The third-order valence-electron chi connectivity index (χ3n) is 1.22. The molecular weight excluding hydrogens is 253 g/mol. The lowest BCUT2D eigenvalue weighted by Crippen LogP contribution is -2.22. The van der Waals surface area contributed by atoms with E-state index in [1.807, 2.05) is 0 Å². The Morgan fingerprint density at radius 3 is 2.64 bits per heavy atom. The van der Waals surface area contributed by atoms with Crippen LogP contribution in [0.1, 0.15) is 20.3 Å². The summed E-state index contributed by atoms with van der Waals surface area (Å²) >= 11 is 2.39. The molecule has 0 heterocycles. The maximum atomic E-state index is 5.36. The Hall–Kier alpha value is 0.650. The van der Waals surface area contributed by atoms with Crippen molar-refractivity contribution >= 4 is 22.6 Å². The predicted molar refractivity (Wildman–Crippen MR) is 57.5 cm³/mol. The molecule has 0 saturated heterocycles. The van der Waals surface area contributed by atoms with Gasteiger partial charge in [0.2, 0.25) is 0 Å². The average molecular weight is 271 g/mol. The van der Waals surface area contributed by atoms with Crippen molar-refractivity contribution in [2.24, 2.45) is 0 Å². The summed E-state index contributed by atoms with van der Waals surface area (Å²) in [5, 5.41) is 3.31. The SMILES string of the molecule is CC(C)OCCNCCCI. The predicted octanol–water partition coefficient (Wildman–Crippen LogP) is 1.83. The fraction of sp³-hybridized carbons (Fsp3) is 1.00. The summed E-state index contributed by atoms with van der Waals surface area (Å²) in [6, 6.07) is 0. The number of nitrogens with one attached hydrogen (secondary N) is 1. The Morgan fingerprint density at radius 1 is 1.36 bits per heavy atom. The lowest BCUT2D eigenvalue weighted by atomic mass is 10.4. The normalized spacial score (nSPS) is 10.9. The molecule has 0 amide bonds. The topological polar surface area (TPSA) is 21.3 Å². The molecule has 0 saturated carbocycles. The molecule has 11 heavy (non-hydrogen) atoms. The van der Waals surface area contributed by atoms with Crippen LogP contribution >= 0.6 is 22.6 Å². The van der Waals surface area contributed by atoms with Gasteiger partial charge in [0.1, 0.15) is 0 Å². The highest BCUT2D eigenvalue weighted by Gasteiger charge is 1.91. The summed E-state index contributed by atoms with van der Waals surface area (Å²) in [6.07, 6.45) is 1.61. The monoisotopic (exact) mass is 271 g/mol. The first-order chi connectivity index (χ1) is 5.27. The Labute approximate surface area is 83.2 Å². The van der Waals surface area contributed by atoms with Crippen molar-refractivity contribution in [3.63, 3.8) is 0 Å². The smallest absolute Gasteiger partial charge is 0.0594 e. The second-order valence-electron chi connectivity index (χ2n) is 2.71. The molecule has 3 heteroatoms. The summed E-state index contributed by atoms with van der Waals surface area (Å²) < 4.78 is 6.59. The summed E-state index contributed by atoms with van der Waals surface area (Å²) in [5.74, 6) is 0. The Kier molecular flexibility index (Phi) is 9.26. The van der Waals surface area contributed by atoms with E-state index in [1.54, 1.807) is 0 Å². The number of hydrogen-bond acceptors (Lipinski definition) is 2. The second-order valence-corrected chi connectivity index (χ2v) is 3.79. The maximum absolute atomic E-state index is 5.36. The van der Waals surface area contributed by atoms with Crippen molar-refractivity contribution in [2.45, 2.75) is 26.4 Å². The van der Waals surface area contributed by atoms with Crippen LogP contribution in [0.25, 0.3) is 0 Å². The molecule has 0 atom stereocenters. The molecule has 0 aliphatic heterocycles. The van der Waals surface area contributed by atoms with E-state index in [2.05, 4.69) is 41.8 Å². The number of alkyl halides is 1. The zero-order valence-corrected chi connectivity index (χ0v) is 9.56. The van der Waals surface area contributed by atoms with Crippen LogP contribution in [0, 0.1) is 0 Å². The minimum atomic E-state index is 0.362. The number of hydrogen-bond donors (Lipinski definition) is 1. The molecule has 1 N–H and O–H groups in total. The van der Waals surface area contributed by atoms with E-state index in [0.29, 0.717) is 6.10 Å². The lowest BCUT2D eigenvalue weighted by molar-refractivity contribution is 0.0809. The van der Waals surface area contributed by atoms with E-state index in [1.165, 1.54) is 10.8 Å². The first kappa shape index (κ1) is 11.6. The van der Waals surface area contributed by atoms with Gasteiger partial charge in [-0.2, -0.15) is 0 Å². The molecule has 0 fully saturated rings. The van der Waals surface area contributed by atoms with Crippen LogP contribution in [0.4, 0.5) is 0 Å². The van der Waals surface area contributed by atoms with Gasteiger partial charge < -0.3 is 10.1 Å². The van der Waals surface area contributed by atoms with Gasteiger partial charge in [-0.15, -0.1) is 0 Å². The molecule has 68 valence electrons. The molecule has 0 aliphatic rings. The molecule has 0 aromatic rings. The summed E-state index contributed by atoms with van der Waals surface area (Å²) in [5.41, 5.74) is 0. The van der Waals surface area contributed by atoms with Gasteiger partial charge in [0.05, 0.1) is 12.7 Å². The van der Waals surface area contributed by atoms with Crippen molar-refractivity contribution in [1.82, 2.24) is 5.32 Å². The van der Waals surface area contributed by atoms with Crippen LogP contribution in [-0.4, -0.2) is 30.2 Å². The van der Waals surface area contributed by atoms with Gasteiger partial charge in [-0.3, -0.25) is 0 Å². The molecule has 0 aromatic heterocycles. The minimum Gasteiger partial charge on any atom is -0.377 e. The van der Waals surface area contributed by atoms with Gasteiger partial charge in [0.15, 0.2) is 0 Å². The summed E-state index contributed by atoms with van der Waals surface area (Å²) in [4.78, 5) is 0. The first-order valence-corrected chi connectivity index (χ1v) is 5.68. The summed E-state index contributed by atoms with van der Waals surface area (Å²) in [6.45, 7) is 7.05. The van der Waals surface area contributed by atoms with E-state index in [0.717, 1.165) is 19.7 Å². The molecule has 0 radical (unpaired) electrons. The van der Waals surface area contributed by atoms with Crippen LogP contribution in [0.5, 0.6) is 0 Å². The standard InChI is InChI=1S/C8H18INO/c1-8(2)11-7-6-10-5-3-4-9/h8,10H,3-7H2,1-2H3. The van der Waals surface area contributed by atoms with Gasteiger partial charge >= 0.3 is 0 Å². The molecule has 0 aromatic carbocycles. The Balaban J connectivity index is 2.80. The highest BCUT2D eigenvalue weighted by Crippen LogP contribution is 1.87. The van der Waals surface area contributed by atoms with Crippen molar-refractivity contribution < 1.29 is 4.74 Å². The molecule has 0 rings (SSSR count). The summed E-state index contributed by atoms with van der Waals surface area (Å²) in [7, 11) is 0. The van der Waals surface area contributed by atoms with Crippen LogP contribution < -0.4 is 5.32 Å². The van der Waals surface area contributed by atoms with Gasteiger partial charge in [0, 0.05) is 11.0 Å². The van der Waals surface area contributed by atoms with E-state index >= 15 is 0 Å². The third-order valence-corrected chi connectivity index (χ3v) is 1.98. The minimum absolute atomic E-state index is 0.362. The second kappa shape index (κ2) is 8.74. The molecule has 0 spiro atoms. The fourth-order valence-electron chi connectivity index (χ4n) is 0.684. The number of halogens is 1. The van der Waals surface area contributed by atoms with Crippen molar-refractivity contribution in [1.29, 1.82) is 0 Å². The van der Waals surface area contributed by atoms with E-state index in [4.69, 9.17) is 4.74 Å². The highest BCUT2D eigenvalue weighted by atomic mass is 127. The quantitative estimate of drug-likeness (QED) is 0.433. The Morgan fingerprint density at radius 2 is 2.09 bits per heavy atom. The third kappa shape index (κ3) is 10.7. The van der Waals surface area contributed by atoms with Crippen LogP contribution in [0.3, 0.4) is 0 Å². The number of ether oxygens (including phenoxy) is 1. The van der Waals surface area contributed by atoms with Crippen molar-refractivity contribution in [3.8, 4) is 0 Å². The van der Waals surface area contributed by atoms with Crippen molar-refractivity contribution in [2.75, 3.05) is 24.1 Å². The van der Waals surface area contributed by atoms with E-state index < -0.39 is 0 Å². The van der Waals surface area contributed by atoms with Crippen molar-refractivity contribution in [3.05, 3.63) is 0 Å². The zero-order valence-electron chi connectivity index (χ0n) is 7.40. The zero-order chi connectivity index (χ0) is 8.53. The highest BCUT2D eigenvalue weighted by molar-refractivity contribution is 14.1. The molecular formula is C8H18INO. The van der Waals surface area contributed by atoms with Crippen LogP contribution in [0.15, 0.2) is 0 Å². The maximum Gasteiger partial charge on any atom is 0.0594 e. The average Bonchev–Trinajstić information content (AvgIpc) is 1.96. The Bertz CT molecular complexity index is 78.5. The molecule has 0 bridgehead atoms. The van der Waals surface area contributed by atoms with E-state index in [-0.39, 0.29) is 0 Å². The first-order valence-electron chi connectivity index (χ1n) is 4.15.